The number of hydrogen-bond donors (Lipinski definition) is 2. The maximum absolute atomic E-state index is 12.2. The van der Waals surface area contributed by atoms with Crippen molar-refractivity contribution in [2.75, 3.05) is 0 Å². The van der Waals surface area contributed by atoms with Gasteiger partial charge in [0.05, 0.1) is 11.2 Å². The molecular formula is C14H14O3. The largest absolute Gasteiger partial charge is 0.389 e. The number of carbonyl (C=O) groups is 1. The Balaban J connectivity index is 1.63. The molecule has 0 aromatic carbocycles. The Hall–Kier alpha value is -0.410. The molecule has 88 valence electrons. The van der Waals surface area contributed by atoms with Crippen molar-refractivity contribution in [2.45, 2.75) is 17.6 Å². The molecular weight excluding hydrogens is 216 g/mol. The van der Waals surface area contributed by atoms with Crippen molar-refractivity contribution in [1.29, 1.82) is 0 Å². The zero-order chi connectivity index (χ0) is 11.1. The van der Waals surface area contributed by atoms with Gasteiger partial charge in [0, 0.05) is 29.6 Å². The maximum Gasteiger partial charge on any atom is 0.140 e. The zero-order valence-corrected chi connectivity index (χ0v) is 9.28. The normalized spacial score (nSPS) is 90.1. The first-order valence-corrected chi connectivity index (χ1v) is 7.11. The Morgan fingerprint density at radius 1 is 0.941 bits per heavy atom. The molecule has 9 fully saturated rings. The first kappa shape index (κ1) is 7.90. The molecule has 0 aromatic rings. The highest BCUT2D eigenvalue weighted by Crippen LogP contribution is 2.93. The molecule has 9 aliphatic rings. The molecule has 0 heterocycles. The van der Waals surface area contributed by atoms with Gasteiger partial charge in [0.25, 0.3) is 0 Å². The molecule has 12 bridgehead atoms. The number of ketones is 1. The molecule has 3 heteroatoms. The predicted octanol–water partition coefficient (Wildman–Crippen LogP) is -0.335. The molecule has 3 nitrogen and oxygen atoms in total. The van der Waals surface area contributed by atoms with E-state index in [0.717, 1.165) is 6.42 Å². The van der Waals surface area contributed by atoms with Crippen LogP contribution in [0.2, 0.25) is 0 Å². The lowest BCUT2D eigenvalue weighted by molar-refractivity contribution is -0.173. The lowest BCUT2D eigenvalue weighted by atomic mass is 9.61. The third-order valence-electron chi connectivity index (χ3n) is 8.32. The van der Waals surface area contributed by atoms with Crippen LogP contribution in [0.4, 0.5) is 0 Å². The first-order chi connectivity index (χ1) is 8.13. The Labute approximate surface area is 98.2 Å². The molecule has 0 aromatic heterocycles. The molecule has 0 aliphatic heterocycles. The topological polar surface area (TPSA) is 57.5 Å². The van der Waals surface area contributed by atoms with Gasteiger partial charge in [-0.3, -0.25) is 4.79 Å². The Morgan fingerprint density at radius 3 is 2.00 bits per heavy atom. The van der Waals surface area contributed by atoms with Crippen LogP contribution < -0.4 is 0 Å². The minimum atomic E-state index is -0.633. The van der Waals surface area contributed by atoms with Gasteiger partial charge in [0.1, 0.15) is 5.78 Å². The monoisotopic (exact) mass is 230 g/mol. The number of Topliss-reactive ketones (excluding diaryl/α,β-unsaturated/α-hetero) is 1. The summed E-state index contributed by atoms with van der Waals surface area (Å²) in [5.41, 5.74) is -1.27. The number of hydrogen-bond acceptors (Lipinski definition) is 3. The lowest BCUT2D eigenvalue weighted by Crippen LogP contribution is -2.58. The van der Waals surface area contributed by atoms with E-state index >= 15 is 0 Å². The molecule has 4 unspecified atom stereocenters. The minimum absolute atomic E-state index is 0.0489. The van der Waals surface area contributed by atoms with Crippen LogP contribution >= 0.6 is 0 Å². The van der Waals surface area contributed by atoms with Crippen LogP contribution in [0.25, 0.3) is 0 Å². The highest BCUT2D eigenvalue weighted by atomic mass is 16.3. The van der Waals surface area contributed by atoms with Gasteiger partial charge in [-0.15, -0.1) is 0 Å². The van der Waals surface area contributed by atoms with E-state index in [1.165, 1.54) is 0 Å². The van der Waals surface area contributed by atoms with E-state index in [9.17, 15) is 15.0 Å². The SMILES string of the molecule is O=C1C2[C@H]3[C@H]2[C@@H]2C1[C@H]3[C@@]1(O)C3CC4[C@@H]1[C@@H]4[C@@]32O. The van der Waals surface area contributed by atoms with Crippen molar-refractivity contribution in [1.82, 2.24) is 0 Å². The second kappa shape index (κ2) is 1.60. The molecule has 2 N–H and O–H groups in total. The van der Waals surface area contributed by atoms with E-state index in [1.807, 2.05) is 0 Å². The molecule has 0 amide bonds. The average molecular weight is 230 g/mol. The fourth-order valence-electron chi connectivity index (χ4n) is 8.46. The van der Waals surface area contributed by atoms with Gasteiger partial charge in [0.2, 0.25) is 0 Å². The summed E-state index contributed by atoms with van der Waals surface area (Å²) >= 11 is 0. The third kappa shape index (κ3) is 0.412. The van der Waals surface area contributed by atoms with E-state index in [4.69, 9.17) is 0 Å². The average Bonchev–Trinajstić information content (AvgIpc) is 2.92. The van der Waals surface area contributed by atoms with Crippen molar-refractivity contribution in [3.05, 3.63) is 0 Å². The Morgan fingerprint density at radius 2 is 1.53 bits per heavy atom. The number of carbonyl (C=O) groups excluding carboxylic acids is 1. The summed E-state index contributed by atoms with van der Waals surface area (Å²) in [7, 11) is 0. The Bertz CT molecular complexity index is 520. The van der Waals surface area contributed by atoms with Gasteiger partial charge >= 0.3 is 0 Å². The van der Waals surface area contributed by atoms with Crippen LogP contribution in [0.15, 0.2) is 0 Å². The van der Waals surface area contributed by atoms with Gasteiger partial charge in [-0.05, 0) is 36.0 Å². The summed E-state index contributed by atoms with van der Waals surface area (Å²) < 4.78 is 0. The second-order valence-electron chi connectivity index (χ2n) is 7.94. The van der Waals surface area contributed by atoms with Crippen molar-refractivity contribution in [3.8, 4) is 0 Å². The molecule has 12 atom stereocenters. The van der Waals surface area contributed by atoms with Gasteiger partial charge in [-0.25, -0.2) is 0 Å². The first-order valence-electron chi connectivity index (χ1n) is 7.11. The van der Waals surface area contributed by atoms with Gasteiger partial charge in [-0.2, -0.15) is 0 Å². The van der Waals surface area contributed by atoms with Gasteiger partial charge in [-0.1, -0.05) is 0 Å². The van der Waals surface area contributed by atoms with Gasteiger partial charge < -0.3 is 10.2 Å². The van der Waals surface area contributed by atoms with Crippen molar-refractivity contribution >= 4 is 5.78 Å². The number of rotatable bonds is 0. The fourth-order valence-corrected chi connectivity index (χ4v) is 8.46. The second-order valence-corrected chi connectivity index (χ2v) is 7.94. The third-order valence-corrected chi connectivity index (χ3v) is 8.32. The number of aliphatic hydroxyl groups is 2. The smallest absolute Gasteiger partial charge is 0.140 e. The summed E-state index contributed by atoms with van der Waals surface area (Å²) in [6.07, 6.45) is 1.04. The quantitative estimate of drug-likeness (QED) is 0.599. The molecule has 0 radical (unpaired) electrons. The van der Waals surface area contributed by atoms with E-state index in [0.29, 0.717) is 35.4 Å². The summed E-state index contributed by atoms with van der Waals surface area (Å²) in [4.78, 5) is 12.2. The van der Waals surface area contributed by atoms with E-state index < -0.39 is 11.2 Å². The Kier molecular flexibility index (Phi) is 0.742. The highest BCUT2D eigenvalue weighted by Gasteiger charge is 2.99. The van der Waals surface area contributed by atoms with Crippen LogP contribution in [0.1, 0.15) is 6.42 Å². The summed E-state index contributed by atoms with van der Waals surface area (Å²) in [6, 6.07) is 0. The molecule has 17 heavy (non-hydrogen) atoms. The molecule has 9 aliphatic carbocycles. The van der Waals surface area contributed by atoms with Crippen LogP contribution in [0, 0.1) is 59.2 Å². The van der Waals surface area contributed by atoms with Crippen LogP contribution in [0.5, 0.6) is 0 Å². The van der Waals surface area contributed by atoms with Crippen LogP contribution in [-0.4, -0.2) is 27.2 Å². The highest BCUT2D eigenvalue weighted by molar-refractivity contribution is 5.95. The van der Waals surface area contributed by atoms with Crippen molar-refractivity contribution < 1.29 is 15.0 Å². The summed E-state index contributed by atoms with van der Waals surface area (Å²) in [5, 5.41) is 22.4. The van der Waals surface area contributed by atoms with Crippen molar-refractivity contribution in [2.24, 2.45) is 59.2 Å². The molecule has 0 spiro atoms. The minimum Gasteiger partial charge on any atom is -0.389 e. The fraction of sp³-hybridized carbons (Fsp3) is 0.929. The van der Waals surface area contributed by atoms with Crippen LogP contribution in [0.3, 0.4) is 0 Å². The lowest BCUT2D eigenvalue weighted by Gasteiger charge is -2.48. The summed E-state index contributed by atoms with van der Waals surface area (Å²) in [6.45, 7) is 0. The zero-order valence-electron chi connectivity index (χ0n) is 9.28. The van der Waals surface area contributed by atoms with E-state index in [1.54, 1.807) is 0 Å². The standard InChI is InChI=1S/C14H14O3/c15-12-6-4-5(6)11-7(12)10(4)13(16)3-1-2-8(13)9(2)14(3,11)17/h2-11,16-17H,1H2/t2?,3?,4-,5-,6?,7?,8-,9-,10-,11+,13+,14-/m1/s1. The summed E-state index contributed by atoms with van der Waals surface area (Å²) in [5.74, 6) is 3.61. The van der Waals surface area contributed by atoms with Gasteiger partial charge in [0.15, 0.2) is 0 Å². The van der Waals surface area contributed by atoms with E-state index in [2.05, 4.69) is 0 Å². The van der Waals surface area contributed by atoms with E-state index in [-0.39, 0.29) is 29.6 Å². The molecule has 9 saturated carbocycles. The maximum atomic E-state index is 12.2. The predicted molar refractivity (Wildman–Crippen MR) is 54.4 cm³/mol. The molecule has 9 rings (SSSR count). The molecule has 0 saturated heterocycles. The van der Waals surface area contributed by atoms with Crippen molar-refractivity contribution in [3.63, 3.8) is 0 Å². The van der Waals surface area contributed by atoms with Crippen LogP contribution in [-0.2, 0) is 4.79 Å².